The van der Waals surface area contributed by atoms with Gasteiger partial charge in [0, 0.05) is 144 Å². The Balaban J connectivity index is 0.000000174. The van der Waals surface area contributed by atoms with Gasteiger partial charge in [-0.05, 0) is 140 Å². The molecule has 0 bridgehead atoms. The van der Waals surface area contributed by atoms with E-state index in [-0.39, 0.29) is 115 Å². The van der Waals surface area contributed by atoms with Gasteiger partial charge in [-0.1, -0.05) is 32.0 Å². The maximum Gasteiger partial charge on any atom is 0.416 e. The van der Waals surface area contributed by atoms with E-state index in [1.54, 1.807) is 48.5 Å². The number of anilines is 6. The van der Waals surface area contributed by atoms with Gasteiger partial charge in [-0.15, -0.1) is 0 Å². The zero-order chi connectivity index (χ0) is 85.2. The Morgan fingerprint density at radius 2 is 0.746 bits per heavy atom. The second-order valence-electron chi connectivity index (χ2n) is 29.0. The number of carbonyl (C=O) groups is 6. The fraction of sp³-hybridized carbons (Fsp3) is 0.422. The van der Waals surface area contributed by atoms with Crippen molar-refractivity contribution in [3.05, 3.63) is 161 Å². The first kappa shape index (κ1) is 88.0. The number of methoxy groups -OCH3 is 2. The van der Waals surface area contributed by atoms with Gasteiger partial charge in [0.2, 0.25) is 17.7 Å². The highest BCUT2D eigenvalue weighted by Crippen LogP contribution is 2.52. The van der Waals surface area contributed by atoms with E-state index < -0.39 is 106 Å². The van der Waals surface area contributed by atoms with Gasteiger partial charge in [-0.25, -0.2) is 0 Å². The second-order valence-corrected chi connectivity index (χ2v) is 29.0. The van der Waals surface area contributed by atoms with E-state index in [9.17, 15) is 98.9 Å². The monoisotopic (exact) mass is 1660 g/mol. The third-order valence-electron chi connectivity index (χ3n) is 20.9. The van der Waals surface area contributed by atoms with Crippen molar-refractivity contribution in [1.82, 2.24) is 0 Å². The molecule has 0 aromatic heterocycles. The molecule has 13 rings (SSSR count). The summed E-state index contributed by atoms with van der Waals surface area (Å²) in [4.78, 5) is 81.7. The van der Waals surface area contributed by atoms with Gasteiger partial charge in [0.25, 0.3) is 17.7 Å². The summed E-state index contributed by atoms with van der Waals surface area (Å²) in [7, 11) is 2.85. The summed E-state index contributed by atoms with van der Waals surface area (Å²) in [6.45, 7) is 2.10. The number of benzene rings is 6. The molecule has 0 saturated heterocycles. The zero-order valence-corrected chi connectivity index (χ0v) is 64.6. The van der Waals surface area contributed by atoms with E-state index >= 15 is 0 Å². The highest BCUT2D eigenvalue weighted by molar-refractivity contribution is 6.09. The van der Waals surface area contributed by atoms with Crippen LogP contribution in [0.2, 0.25) is 0 Å². The smallest absolute Gasteiger partial charge is 0.416 e. The molecule has 1 saturated carbocycles. The molecule has 6 heterocycles. The van der Waals surface area contributed by atoms with Gasteiger partial charge in [0.1, 0.15) is 45.7 Å². The molecule has 6 amide bonds. The number of aliphatic hydroxyl groups excluding tert-OH is 6. The van der Waals surface area contributed by atoms with E-state index in [1.165, 1.54) is 71.4 Å². The molecule has 634 valence electrons. The molecule has 35 heteroatoms. The minimum Gasteiger partial charge on any atom is -0.486 e. The number of fused-ring (bicyclic) bond motifs is 6. The standard InChI is InChI=1S/C28H31F3N2O8.C28H31F3N2O6.C27H27F3N2O6/c1-38-15-27(16-39-2)14-17(20-5-3-18(28(29,30)31)12-24(20)41-27)11-25(36)32-19-4-6-22-21(13-19)33(8-10-35)26(37)23(40-22)7-9-34;1-3-27(4-2)16-17(20-7-5-18(28(29,30)31)14-24(20)39-27)13-25(36)32-19-6-8-22-21(15-19)33(10-12-35)26(37)23(38-22)9-11-34;28-27(29,30)17-2-4-19-16(15-26(7-1-8-26)38-23(19)13-17)12-24(35)31-18-3-5-21-20(14-18)32(9-11-34)25(36)22(37-21)6-10-33/h3-6,11-13,23,34-35H,7-10,14-16H2,1-2H3,(H,32,36);5-8,13-15,23,34-35H,3-4,9-12,16H2,1-2H3,(H,32,36);2-5,12-14,22,33-34H,1,6-11,15H2,(H,31,35)/b17-11+;17-13+;16-12+. The number of rotatable bonds is 24. The van der Waals surface area contributed by atoms with Crippen LogP contribution >= 0.6 is 0 Å². The molecular weight excluding hydrogens is 1570 g/mol. The predicted octanol–water partition coefficient (Wildman–Crippen LogP) is 11.4. The molecular formula is C83H89F9N6O20. The van der Waals surface area contributed by atoms with Crippen molar-refractivity contribution in [2.24, 2.45) is 0 Å². The first-order valence-corrected chi connectivity index (χ1v) is 38.0. The molecule has 7 aliphatic rings. The molecule has 6 aromatic rings. The molecule has 1 aliphatic carbocycles. The number of aliphatic hydroxyl groups is 6. The minimum absolute atomic E-state index is 0.00535. The van der Waals surface area contributed by atoms with Crippen LogP contribution in [0, 0.1) is 0 Å². The van der Waals surface area contributed by atoms with E-state index in [0.717, 1.165) is 42.8 Å². The summed E-state index contributed by atoms with van der Waals surface area (Å²) in [5.41, 5.74) is -0.232. The lowest BCUT2D eigenvalue weighted by molar-refractivity contribution is -0.138. The summed E-state index contributed by atoms with van der Waals surface area (Å²) in [6.07, 6.45) is -7.81. The summed E-state index contributed by atoms with van der Waals surface area (Å²) in [5, 5.41) is 64.3. The molecule has 3 atom stereocenters. The SMILES string of the molecule is CCC1(CC)C/C(=C\C(=O)Nc2ccc3c(c2)N(CCO)C(=O)C(CCO)O3)c2ccc(C(F)(F)F)cc2O1.COCC1(COC)C/C(=C\C(=O)Nc2ccc3c(c2)N(CCO)C(=O)C(CCO)O3)c2ccc(C(F)(F)F)cc2O1.O=C(/C=C1\CC2(CCC2)Oc2cc(C(F)(F)F)ccc21)Nc1ccc2c(c1)N(CCO)C(=O)C(CCO)O2. The Morgan fingerprint density at radius 3 is 1.03 bits per heavy atom. The highest BCUT2D eigenvalue weighted by atomic mass is 19.4. The topological polar surface area (TPSA) is 343 Å². The highest BCUT2D eigenvalue weighted by Gasteiger charge is 2.47. The Hall–Kier alpha value is -10.8. The van der Waals surface area contributed by atoms with E-state index in [0.29, 0.717) is 123 Å². The number of nitrogens with one attached hydrogen (secondary N) is 3. The number of amides is 6. The van der Waals surface area contributed by atoms with Crippen molar-refractivity contribution in [3.63, 3.8) is 0 Å². The molecule has 26 nitrogen and oxygen atoms in total. The van der Waals surface area contributed by atoms with Crippen LogP contribution in [0.1, 0.15) is 118 Å². The van der Waals surface area contributed by atoms with Crippen LogP contribution in [-0.2, 0) is 56.8 Å². The molecule has 118 heavy (non-hydrogen) atoms. The van der Waals surface area contributed by atoms with E-state index in [4.69, 9.17) is 37.9 Å². The average Bonchev–Trinajstić information content (AvgIpc) is 0.739. The number of ether oxygens (including phenoxy) is 8. The van der Waals surface area contributed by atoms with Gasteiger partial charge < -0.3 is 99.2 Å². The lowest BCUT2D eigenvalue weighted by atomic mass is 9.72. The van der Waals surface area contributed by atoms with Gasteiger partial charge in [0.05, 0.1) is 66.8 Å². The Labute approximate surface area is 671 Å². The number of alkyl halides is 9. The summed E-state index contributed by atoms with van der Waals surface area (Å²) in [6, 6.07) is 23.7. The zero-order valence-electron chi connectivity index (χ0n) is 64.6. The first-order chi connectivity index (χ1) is 56.2. The summed E-state index contributed by atoms with van der Waals surface area (Å²) < 4.78 is 166. The number of carbonyl (C=O) groups excluding carboxylic acids is 6. The van der Waals surface area contributed by atoms with Crippen LogP contribution in [-0.4, -0.2) is 188 Å². The summed E-state index contributed by atoms with van der Waals surface area (Å²) >= 11 is 0. The number of nitrogens with zero attached hydrogens (tertiary/aromatic N) is 3. The minimum atomic E-state index is -4.60. The van der Waals surface area contributed by atoms with Gasteiger partial charge >= 0.3 is 18.5 Å². The Kier molecular flexibility index (Phi) is 27.6. The molecule has 0 radical (unpaired) electrons. The van der Waals surface area contributed by atoms with Crippen LogP contribution in [0.25, 0.3) is 16.7 Å². The van der Waals surface area contributed by atoms with Crippen LogP contribution in [0.3, 0.4) is 0 Å². The Bertz CT molecular complexity index is 4810. The van der Waals surface area contributed by atoms with E-state index in [1.807, 2.05) is 13.8 Å². The predicted molar refractivity (Wildman–Crippen MR) is 412 cm³/mol. The fourth-order valence-electron chi connectivity index (χ4n) is 15.0. The number of hydrogen-bond acceptors (Lipinski definition) is 20. The van der Waals surface area contributed by atoms with Crippen LogP contribution in [0.4, 0.5) is 73.6 Å². The van der Waals surface area contributed by atoms with Crippen molar-refractivity contribution in [1.29, 1.82) is 0 Å². The third-order valence-corrected chi connectivity index (χ3v) is 20.9. The maximum absolute atomic E-state index is 13.4. The largest absolute Gasteiger partial charge is 0.486 e. The number of hydrogen-bond donors (Lipinski definition) is 9. The molecule has 6 aliphatic heterocycles. The Morgan fingerprint density at radius 1 is 0.432 bits per heavy atom. The number of halogens is 9. The average molecular weight is 1660 g/mol. The van der Waals surface area contributed by atoms with Crippen molar-refractivity contribution in [2.45, 2.75) is 138 Å². The third kappa shape index (κ3) is 20.0. The lowest BCUT2D eigenvalue weighted by Crippen LogP contribution is -2.47. The van der Waals surface area contributed by atoms with Gasteiger partial charge in [0.15, 0.2) is 23.9 Å². The maximum atomic E-state index is 13.4. The molecule has 6 aromatic carbocycles. The first-order valence-electron chi connectivity index (χ1n) is 38.0. The van der Waals surface area contributed by atoms with Crippen molar-refractivity contribution in [2.75, 3.05) is 117 Å². The van der Waals surface area contributed by atoms with Crippen LogP contribution in [0.15, 0.2) is 127 Å². The summed E-state index contributed by atoms with van der Waals surface area (Å²) in [5.74, 6) is -1.60. The van der Waals surface area contributed by atoms with Crippen LogP contribution in [0.5, 0.6) is 34.5 Å². The molecule has 9 N–H and O–H groups in total. The fourth-order valence-corrected chi connectivity index (χ4v) is 15.0. The van der Waals surface area contributed by atoms with E-state index in [2.05, 4.69) is 16.0 Å². The normalized spacial score (nSPS) is 19.6. The molecule has 1 spiro atoms. The molecule has 1 fully saturated rings. The molecule has 3 unspecified atom stereocenters. The van der Waals surface area contributed by atoms with Gasteiger partial charge in [-0.3, -0.25) is 28.8 Å². The second kappa shape index (κ2) is 37.0. The number of β-amino-alcohol motifs (C(OH)–C–C–N with tert-alkyl or cyclic N) is 3. The van der Waals surface area contributed by atoms with Gasteiger partial charge in [-0.2, -0.15) is 39.5 Å². The van der Waals surface area contributed by atoms with Crippen molar-refractivity contribution >= 4 is 86.3 Å². The quantitative estimate of drug-likeness (QED) is 0.0201. The van der Waals surface area contributed by atoms with Crippen molar-refractivity contribution < 1.29 is 137 Å². The van der Waals surface area contributed by atoms with Crippen molar-refractivity contribution in [3.8, 4) is 34.5 Å². The van der Waals surface area contributed by atoms with Crippen LogP contribution < -0.4 is 59.1 Å². The lowest BCUT2D eigenvalue weighted by Gasteiger charge is -2.46.